The highest BCUT2D eigenvalue weighted by Crippen LogP contribution is 2.38. The number of carbonyl (C=O) groups excluding carboxylic acids is 2. The molecule has 0 aliphatic rings. The van der Waals surface area contributed by atoms with Crippen LogP contribution in [0.3, 0.4) is 0 Å². The van der Waals surface area contributed by atoms with Gasteiger partial charge in [0.05, 0.1) is 21.3 Å². The first-order valence-corrected chi connectivity index (χ1v) is 7.79. The van der Waals surface area contributed by atoms with Crippen LogP contribution in [0.2, 0.25) is 5.02 Å². The first kappa shape index (κ1) is 19.2. The number of hydrogen-bond acceptors (Lipinski definition) is 5. The van der Waals surface area contributed by atoms with Crippen molar-refractivity contribution in [3.63, 3.8) is 0 Å². The summed E-state index contributed by atoms with van der Waals surface area (Å²) < 4.78 is 15.6. The fourth-order valence-electron chi connectivity index (χ4n) is 2.13. The highest BCUT2D eigenvalue weighted by molar-refractivity contribution is 6.30. The van der Waals surface area contributed by atoms with Crippen LogP contribution in [0.1, 0.15) is 10.4 Å². The van der Waals surface area contributed by atoms with Gasteiger partial charge in [0.25, 0.3) is 5.91 Å². The molecule has 2 aromatic rings. The lowest BCUT2D eigenvalue weighted by Crippen LogP contribution is -2.43. The molecule has 0 saturated heterocycles. The van der Waals surface area contributed by atoms with Crippen molar-refractivity contribution in [2.24, 2.45) is 0 Å². The van der Waals surface area contributed by atoms with Gasteiger partial charge in [-0.3, -0.25) is 10.2 Å². The zero-order valence-electron chi connectivity index (χ0n) is 14.4. The molecule has 2 rings (SSSR count). The average Bonchev–Trinajstić information content (AvgIpc) is 2.64. The minimum Gasteiger partial charge on any atom is -0.493 e. The summed E-state index contributed by atoms with van der Waals surface area (Å²) in [5.41, 5.74) is 5.23. The van der Waals surface area contributed by atoms with Gasteiger partial charge >= 0.3 is 6.03 Å². The summed E-state index contributed by atoms with van der Waals surface area (Å²) in [6, 6.07) is 8.89. The van der Waals surface area contributed by atoms with Crippen molar-refractivity contribution >= 4 is 29.2 Å². The molecule has 0 fully saturated rings. The quantitative estimate of drug-likeness (QED) is 0.694. The number of rotatable bonds is 5. The van der Waals surface area contributed by atoms with Gasteiger partial charge in [-0.1, -0.05) is 17.7 Å². The Morgan fingerprint density at radius 1 is 0.923 bits per heavy atom. The van der Waals surface area contributed by atoms with E-state index in [4.69, 9.17) is 25.8 Å². The molecular formula is C17H18ClN3O5. The van der Waals surface area contributed by atoms with Crippen molar-refractivity contribution in [1.29, 1.82) is 0 Å². The topological polar surface area (TPSA) is 97.9 Å². The van der Waals surface area contributed by atoms with Gasteiger partial charge in [0.1, 0.15) is 0 Å². The van der Waals surface area contributed by atoms with Crippen molar-refractivity contribution < 1.29 is 23.8 Å². The SMILES string of the molecule is COc1cc(C(=O)NNC(=O)Nc2cccc(Cl)c2)cc(OC)c1OC. The molecule has 3 N–H and O–H groups in total. The van der Waals surface area contributed by atoms with E-state index in [-0.39, 0.29) is 5.56 Å². The van der Waals surface area contributed by atoms with Gasteiger partial charge in [0, 0.05) is 16.3 Å². The van der Waals surface area contributed by atoms with Gasteiger partial charge in [-0.05, 0) is 30.3 Å². The van der Waals surface area contributed by atoms with E-state index in [2.05, 4.69) is 16.2 Å². The van der Waals surface area contributed by atoms with Gasteiger partial charge in [-0.25, -0.2) is 10.2 Å². The second kappa shape index (κ2) is 8.82. The highest BCUT2D eigenvalue weighted by atomic mass is 35.5. The minimum absolute atomic E-state index is 0.211. The van der Waals surface area contributed by atoms with Crippen LogP contribution in [0.5, 0.6) is 17.2 Å². The summed E-state index contributed by atoms with van der Waals surface area (Å²) in [5.74, 6) is 0.435. The van der Waals surface area contributed by atoms with Gasteiger partial charge in [0.2, 0.25) is 5.75 Å². The zero-order chi connectivity index (χ0) is 19.1. The molecule has 8 nitrogen and oxygen atoms in total. The number of methoxy groups -OCH3 is 3. The van der Waals surface area contributed by atoms with Crippen molar-refractivity contribution in [3.8, 4) is 17.2 Å². The Hall–Kier alpha value is -3.13. The van der Waals surface area contributed by atoms with E-state index in [1.165, 1.54) is 33.5 Å². The van der Waals surface area contributed by atoms with E-state index in [0.717, 1.165) is 0 Å². The lowest BCUT2D eigenvalue weighted by molar-refractivity contribution is 0.0937. The highest BCUT2D eigenvalue weighted by Gasteiger charge is 2.17. The lowest BCUT2D eigenvalue weighted by Gasteiger charge is -2.14. The number of hydrazine groups is 1. The minimum atomic E-state index is -0.631. The number of benzene rings is 2. The summed E-state index contributed by atoms with van der Waals surface area (Å²) >= 11 is 5.84. The number of amides is 3. The van der Waals surface area contributed by atoms with Crippen LogP contribution in [0, 0.1) is 0 Å². The maximum absolute atomic E-state index is 12.3. The van der Waals surface area contributed by atoms with E-state index in [1.54, 1.807) is 24.3 Å². The molecule has 0 spiro atoms. The predicted molar refractivity (Wildman–Crippen MR) is 97.2 cm³/mol. The Labute approximate surface area is 155 Å². The lowest BCUT2D eigenvalue weighted by atomic mass is 10.1. The van der Waals surface area contributed by atoms with Crippen molar-refractivity contribution in [3.05, 3.63) is 47.0 Å². The Bertz CT molecular complexity index is 788. The van der Waals surface area contributed by atoms with Crippen molar-refractivity contribution in [2.45, 2.75) is 0 Å². The van der Waals surface area contributed by atoms with Gasteiger partial charge in [-0.15, -0.1) is 0 Å². The molecule has 0 bridgehead atoms. The van der Waals surface area contributed by atoms with E-state index >= 15 is 0 Å². The molecule has 0 aliphatic carbocycles. The fraction of sp³-hybridized carbons (Fsp3) is 0.176. The summed E-state index contributed by atoms with van der Waals surface area (Å²) in [4.78, 5) is 24.1. The molecular weight excluding hydrogens is 362 g/mol. The normalized spacial score (nSPS) is 9.85. The Morgan fingerprint density at radius 3 is 2.12 bits per heavy atom. The number of ether oxygens (including phenoxy) is 3. The third kappa shape index (κ3) is 4.70. The first-order chi connectivity index (χ1) is 12.5. The number of hydrogen-bond donors (Lipinski definition) is 3. The largest absolute Gasteiger partial charge is 0.493 e. The van der Waals surface area contributed by atoms with Crippen LogP contribution in [0.4, 0.5) is 10.5 Å². The molecule has 0 heterocycles. The molecule has 138 valence electrons. The standard InChI is InChI=1S/C17H18ClN3O5/c1-24-13-7-10(8-14(25-2)15(13)26-3)16(22)20-21-17(23)19-12-6-4-5-11(18)9-12/h4-9H,1-3H3,(H,20,22)(H2,19,21,23). The first-order valence-electron chi connectivity index (χ1n) is 7.41. The molecule has 0 saturated carbocycles. The number of urea groups is 1. The number of halogens is 1. The van der Waals surface area contributed by atoms with Gasteiger partial charge in [0.15, 0.2) is 11.5 Å². The maximum atomic E-state index is 12.3. The molecule has 0 atom stereocenters. The van der Waals surface area contributed by atoms with Crippen LogP contribution in [-0.2, 0) is 0 Å². The second-order valence-corrected chi connectivity index (χ2v) is 5.39. The molecule has 2 aromatic carbocycles. The Kier molecular flexibility index (Phi) is 6.51. The molecule has 3 amide bonds. The summed E-state index contributed by atoms with van der Waals surface area (Å²) in [6.45, 7) is 0. The number of anilines is 1. The molecule has 0 unspecified atom stereocenters. The van der Waals surface area contributed by atoms with E-state index < -0.39 is 11.9 Å². The van der Waals surface area contributed by atoms with E-state index in [1.807, 2.05) is 0 Å². The summed E-state index contributed by atoms with van der Waals surface area (Å²) in [6.07, 6.45) is 0. The van der Waals surface area contributed by atoms with Crippen molar-refractivity contribution in [1.82, 2.24) is 10.9 Å². The summed E-state index contributed by atoms with van der Waals surface area (Å²) in [5, 5.41) is 3.01. The molecule has 0 radical (unpaired) electrons. The fourth-order valence-corrected chi connectivity index (χ4v) is 2.32. The molecule has 0 aliphatic heterocycles. The number of nitrogens with one attached hydrogen (secondary N) is 3. The Morgan fingerprint density at radius 2 is 1.58 bits per heavy atom. The smallest absolute Gasteiger partial charge is 0.337 e. The predicted octanol–water partition coefficient (Wildman–Crippen LogP) is 2.83. The molecule has 0 aromatic heterocycles. The zero-order valence-corrected chi connectivity index (χ0v) is 15.1. The average molecular weight is 380 g/mol. The second-order valence-electron chi connectivity index (χ2n) is 4.96. The van der Waals surface area contributed by atoms with Crippen LogP contribution >= 0.6 is 11.6 Å². The summed E-state index contributed by atoms with van der Waals surface area (Å²) in [7, 11) is 4.34. The van der Waals surface area contributed by atoms with Crippen LogP contribution < -0.4 is 30.4 Å². The van der Waals surface area contributed by atoms with Crippen LogP contribution in [-0.4, -0.2) is 33.3 Å². The monoisotopic (exact) mass is 379 g/mol. The van der Waals surface area contributed by atoms with Crippen LogP contribution in [0.15, 0.2) is 36.4 Å². The maximum Gasteiger partial charge on any atom is 0.337 e. The van der Waals surface area contributed by atoms with Gasteiger partial charge in [-0.2, -0.15) is 0 Å². The van der Waals surface area contributed by atoms with Crippen LogP contribution in [0.25, 0.3) is 0 Å². The van der Waals surface area contributed by atoms with E-state index in [0.29, 0.717) is 28.0 Å². The third-order valence-electron chi connectivity index (χ3n) is 3.30. The van der Waals surface area contributed by atoms with Crippen molar-refractivity contribution in [2.75, 3.05) is 26.6 Å². The Balaban J connectivity index is 2.04. The van der Waals surface area contributed by atoms with E-state index in [9.17, 15) is 9.59 Å². The molecule has 9 heteroatoms. The molecule has 26 heavy (non-hydrogen) atoms. The van der Waals surface area contributed by atoms with Gasteiger partial charge < -0.3 is 19.5 Å². The number of carbonyl (C=O) groups is 2. The third-order valence-corrected chi connectivity index (χ3v) is 3.53.